The van der Waals surface area contributed by atoms with E-state index in [1.54, 1.807) is 7.11 Å². The molecule has 0 unspecified atom stereocenters. The van der Waals surface area contributed by atoms with Crippen molar-refractivity contribution < 1.29 is 4.74 Å². The van der Waals surface area contributed by atoms with Crippen molar-refractivity contribution in [3.05, 3.63) is 29.3 Å². The first-order valence-electron chi connectivity index (χ1n) is 4.64. The average molecular weight is 188 g/mol. The molecule has 0 saturated heterocycles. The lowest BCUT2D eigenvalue weighted by atomic mass is 9.84. The Balaban J connectivity index is 3.29. The Bertz CT molecular complexity index is 369. The highest BCUT2D eigenvalue weighted by Gasteiger charge is 2.21. The summed E-state index contributed by atoms with van der Waals surface area (Å²) in [6.45, 7) is 6.07. The van der Waals surface area contributed by atoms with Crippen molar-refractivity contribution in [2.75, 3.05) is 7.11 Å². The number of rotatable bonds is 2. The second-order valence-corrected chi connectivity index (χ2v) is 3.97. The molecule has 0 aliphatic rings. The number of benzene rings is 1. The lowest BCUT2D eigenvalue weighted by Crippen LogP contribution is -2.15. The van der Waals surface area contributed by atoms with E-state index in [2.05, 4.69) is 12.0 Å². The SMILES string of the molecule is C#CC(C)(C)c1ccc(C)cc1OC. The normalized spacial score (nSPS) is 10.8. The van der Waals surface area contributed by atoms with Crippen molar-refractivity contribution in [1.29, 1.82) is 0 Å². The molecule has 0 N–H and O–H groups in total. The number of hydrogen-bond donors (Lipinski definition) is 0. The van der Waals surface area contributed by atoms with E-state index < -0.39 is 0 Å². The highest BCUT2D eigenvalue weighted by molar-refractivity contribution is 5.45. The summed E-state index contributed by atoms with van der Waals surface area (Å²) in [6, 6.07) is 6.10. The van der Waals surface area contributed by atoms with Crippen LogP contribution >= 0.6 is 0 Å². The number of ether oxygens (including phenoxy) is 1. The van der Waals surface area contributed by atoms with E-state index in [0.717, 1.165) is 11.3 Å². The third-order valence-corrected chi connectivity index (χ3v) is 2.39. The van der Waals surface area contributed by atoms with Crippen LogP contribution in [0.1, 0.15) is 25.0 Å². The van der Waals surface area contributed by atoms with Crippen LogP contribution in [0.2, 0.25) is 0 Å². The van der Waals surface area contributed by atoms with Crippen molar-refractivity contribution in [3.63, 3.8) is 0 Å². The first-order valence-corrected chi connectivity index (χ1v) is 4.64. The Kier molecular flexibility index (Phi) is 2.86. The van der Waals surface area contributed by atoms with Crippen molar-refractivity contribution in [3.8, 4) is 18.1 Å². The van der Waals surface area contributed by atoms with Gasteiger partial charge in [-0.1, -0.05) is 18.1 Å². The van der Waals surface area contributed by atoms with Crippen LogP contribution < -0.4 is 4.74 Å². The standard InChI is InChI=1S/C13H16O/c1-6-13(3,4)11-8-7-10(2)9-12(11)14-5/h1,7-9H,2-5H3. The van der Waals surface area contributed by atoms with E-state index in [1.165, 1.54) is 5.56 Å². The van der Waals surface area contributed by atoms with E-state index in [1.807, 2.05) is 32.9 Å². The van der Waals surface area contributed by atoms with E-state index in [9.17, 15) is 0 Å². The van der Waals surface area contributed by atoms with Crippen LogP contribution in [0.25, 0.3) is 0 Å². The Morgan fingerprint density at radius 2 is 2.00 bits per heavy atom. The number of methoxy groups -OCH3 is 1. The summed E-state index contributed by atoms with van der Waals surface area (Å²) in [5.74, 6) is 3.64. The molecule has 0 fully saturated rings. The van der Waals surface area contributed by atoms with Gasteiger partial charge in [0.2, 0.25) is 0 Å². The van der Waals surface area contributed by atoms with Crippen molar-refractivity contribution in [2.45, 2.75) is 26.2 Å². The van der Waals surface area contributed by atoms with Gasteiger partial charge >= 0.3 is 0 Å². The minimum atomic E-state index is -0.279. The Hall–Kier alpha value is -1.42. The first kappa shape index (κ1) is 10.7. The fourth-order valence-electron chi connectivity index (χ4n) is 1.39. The number of terminal acetylenes is 1. The highest BCUT2D eigenvalue weighted by atomic mass is 16.5. The van der Waals surface area contributed by atoms with E-state index >= 15 is 0 Å². The van der Waals surface area contributed by atoms with Crippen molar-refractivity contribution in [2.24, 2.45) is 0 Å². The molecule has 0 amide bonds. The van der Waals surface area contributed by atoms with Crippen LogP contribution in [0.4, 0.5) is 0 Å². The summed E-state index contributed by atoms with van der Waals surface area (Å²) in [5, 5.41) is 0. The molecular weight excluding hydrogens is 172 g/mol. The fourth-order valence-corrected chi connectivity index (χ4v) is 1.39. The molecular formula is C13H16O. The van der Waals surface area contributed by atoms with Gasteiger partial charge in [-0.25, -0.2) is 0 Å². The van der Waals surface area contributed by atoms with Gasteiger partial charge in [0.1, 0.15) is 5.75 Å². The van der Waals surface area contributed by atoms with Crippen molar-refractivity contribution in [1.82, 2.24) is 0 Å². The lowest BCUT2D eigenvalue weighted by molar-refractivity contribution is 0.403. The average Bonchev–Trinajstić information content (AvgIpc) is 2.17. The van der Waals surface area contributed by atoms with Crippen LogP contribution in [-0.4, -0.2) is 7.11 Å². The zero-order chi connectivity index (χ0) is 10.8. The van der Waals surface area contributed by atoms with Crippen LogP contribution in [0, 0.1) is 19.3 Å². The third-order valence-electron chi connectivity index (χ3n) is 2.39. The summed E-state index contributed by atoms with van der Waals surface area (Å²) in [6.07, 6.45) is 5.49. The molecule has 0 spiro atoms. The molecule has 0 aromatic heterocycles. The maximum Gasteiger partial charge on any atom is 0.123 e. The molecule has 74 valence electrons. The Labute approximate surface area is 86.1 Å². The molecule has 0 heterocycles. The minimum absolute atomic E-state index is 0.279. The van der Waals surface area contributed by atoms with Gasteiger partial charge in [-0.2, -0.15) is 0 Å². The number of hydrogen-bond acceptors (Lipinski definition) is 1. The maximum absolute atomic E-state index is 5.49. The molecule has 1 aromatic carbocycles. The van der Waals surface area contributed by atoms with Gasteiger partial charge < -0.3 is 4.74 Å². The molecule has 1 heteroatoms. The fraction of sp³-hybridized carbons (Fsp3) is 0.385. The van der Waals surface area contributed by atoms with Gasteiger partial charge in [0.25, 0.3) is 0 Å². The van der Waals surface area contributed by atoms with Gasteiger partial charge in [0.05, 0.1) is 12.5 Å². The monoisotopic (exact) mass is 188 g/mol. The van der Waals surface area contributed by atoms with E-state index in [0.29, 0.717) is 0 Å². The second-order valence-electron chi connectivity index (χ2n) is 3.97. The van der Waals surface area contributed by atoms with Crippen molar-refractivity contribution >= 4 is 0 Å². The maximum atomic E-state index is 5.49. The lowest BCUT2D eigenvalue weighted by Gasteiger charge is -2.21. The molecule has 0 aliphatic carbocycles. The molecule has 0 bridgehead atoms. The summed E-state index contributed by atoms with van der Waals surface area (Å²) >= 11 is 0. The Morgan fingerprint density at radius 1 is 1.36 bits per heavy atom. The van der Waals surface area contributed by atoms with E-state index in [4.69, 9.17) is 11.2 Å². The summed E-state index contributed by atoms with van der Waals surface area (Å²) < 4.78 is 5.32. The minimum Gasteiger partial charge on any atom is -0.496 e. The van der Waals surface area contributed by atoms with Gasteiger partial charge in [-0.15, -0.1) is 6.42 Å². The molecule has 1 rings (SSSR count). The number of aryl methyl sites for hydroxylation is 1. The van der Waals surface area contributed by atoms with Gasteiger partial charge in [-0.05, 0) is 32.4 Å². The van der Waals surface area contributed by atoms with E-state index in [-0.39, 0.29) is 5.41 Å². The molecule has 1 aromatic rings. The summed E-state index contributed by atoms with van der Waals surface area (Å²) in [4.78, 5) is 0. The Morgan fingerprint density at radius 3 is 2.50 bits per heavy atom. The quantitative estimate of drug-likeness (QED) is 0.648. The smallest absolute Gasteiger partial charge is 0.123 e. The predicted octanol–water partition coefficient (Wildman–Crippen LogP) is 2.91. The third kappa shape index (κ3) is 1.90. The zero-order valence-electron chi connectivity index (χ0n) is 9.22. The first-order chi connectivity index (χ1) is 6.51. The second kappa shape index (κ2) is 3.75. The molecule has 1 nitrogen and oxygen atoms in total. The largest absolute Gasteiger partial charge is 0.496 e. The molecule has 0 radical (unpaired) electrons. The summed E-state index contributed by atoms with van der Waals surface area (Å²) in [5.41, 5.74) is 1.96. The molecule has 0 atom stereocenters. The topological polar surface area (TPSA) is 9.23 Å². The van der Waals surface area contributed by atoms with Crippen LogP contribution in [-0.2, 0) is 5.41 Å². The van der Waals surface area contributed by atoms with Gasteiger partial charge in [0, 0.05) is 5.56 Å². The van der Waals surface area contributed by atoms with Gasteiger partial charge in [0.15, 0.2) is 0 Å². The van der Waals surface area contributed by atoms with Crippen LogP contribution in [0.5, 0.6) is 5.75 Å². The van der Waals surface area contributed by atoms with Crippen LogP contribution in [0.15, 0.2) is 18.2 Å². The molecule has 0 aliphatic heterocycles. The van der Waals surface area contributed by atoms with Gasteiger partial charge in [-0.3, -0.25) is 0 Å². The van der Waals surface area contributed by atoms with Crippen LogP contribution in [0.3, 0.4) is 0 Å². The highest BCUT2D eigenvalue weighted by Crippen LogP contribution is 2.31. The summed E-state index contributed by atoms with van der Waals surface area (Å²) in [7, 11) is 1.67. The predicted molar refractivity (Wildman–Crippen MR) is 59.6 cm³/mol. The zero-order valence-corrected chi connectivity index (χ0v) is 9.22. The molecule has 14 heavy (non-hydrogen) atoms. The molecule has 0 saturated carbocycles.